The van der Waals surface area contributed by atoms with Crippen molar-refractivity contribution in [3.05, 3.63) is 45.9 Å². The molecule has 2 aromatic rings. The number of aliphatic hydroxyl groups excluding tert-OH is 1. The average molecular weight is 345 g/mol. The van der Waals surface area contributed by atoms with Crippen molar-refractivity contribution in [3.8, 4) is 0 Å². The number of carbonyl (C=O) groups excluding carboxylic acids is 1. The first-order valence-electron chi connectivity index (χ1n) is 8.44. The van der Waals surface area contributed by atoms with E-state index in [1.807, 2.05) is 24.6 Å². The van der Waals surface area contributed by atoms with Crippen LogP contribution < -0.4 is 10.9 Å². The van der Waals surface area contributed by atoms with Crippen LogP contribution in [0.1, 0.15) is 42.5 Å². The Bertz CT molecular complexity index is 820. The maximum atomic E-state index is 12.1. The fourth-order valence-corrected chi connectivity index (χ4v) is 3.24. The molecule has 2 N–H and O–H groups in total. The van der Waals surface area contributed by atoms with Gasteiger partial charge in [0.15, 0.2) is 5.82 Å². The fourth-order valence-electron chi connectivity index (χ4n) is 3.24. The van der Waals surface area contributed by atoms with Crippen molar-refractivity contribution in [2.24, 2.45) is 7.05 Å². The Morgan fingerprint density at radius 1 is 1.36 bits per heavy atom. The zero-order chi connectivity index (χ0) is 18.0. The number of hydrogen-bond acceptors (Lipinski definition) is 5. The summed E-state index contributed by atoms with van der Waals surface area (Å²) in [6, 6.07) is 5.21. The first-order chi connectivity index (χ1) is 12.0. The Morgan fingerprint density at radius 3 is 2.76 bits per heavy atom. The maximum Gasteiger partial charge on any atom is 0.250 e. The predicted molar refractivity (Wildman–Crippen MR) is 90.9 cm³/mol. The molecule has 0 bridgehead atoms. The van der Waals surface area contributed by atoms with E-state index in [2.05, 4.69) is 15.5 Å². The molecular formula is C17H23N5O3. The summed E-state index contributed by atoms with van der Waals surface area (Å²) in [7, 11) is 1.84. The first kappa shape index (κ1) is 17.3. The number of nitrogens with one attached hydrogen (secondary N) is 1. The van der Waals surface area contributed by atoms with Crippen molar-refractivity contribution >= 4 is 5.91 Å². The highest BCUT2D eigenvalue weighted by Gasteiger charge is 2.34. The molecule has 134 valence electrons. The van der Waals surface area contributed by atoms with Gasteiger partial charge in [-0.3, -0.25) is 9.59 Å². The molecule has 1 saturated carbocycles. The van der Waals surface area contributed by atoms with E-state index >= 15 is 0 Å². The van der Waals surface area contributed by atoms with E-state index in [1.54, 1.807) is 10.6 Å². The van der Waals surface area contributed by atoms with E-state index in [0.29, 0.717) is 12.4 Å². The topological polar surface area (TPSA) is 102 Å². The molecule has 0 unspecified atom stereocenters. The summed E-state index contributed by atoms with van der Waals surface area (Å²) >= 11 is 0. The number of hydrogen-bond donors (Lipinski definition) is 2. The van der Waals surface area contributed by atoms with Crippen LogP contribution in [0.5, 0.6) is 0 Å². The molecule has 1 aliphatic rings. The Labute approximate surface area is 145 Å². The lowest BCUT2D eigenvalue weighted by molar-refractivity contribution is -0.122. The highest BCUT2D eigenvalue weighted by molar-refractivity contribution is 5.76. The molecule has 1 aliphatic carbocycles. The summed E-state index contributed by atoms with van der Waals surface area (Å²) in [6.45, 7) is 2.11. The number of nitrogens with zero attached hydrogens (tertiary/aromatic N) is 4. The van der Waals surface area contributed by atoms with Crippen LogP contribution in [0.25, 0.3) is 0 Å². The van der Waals surface area contributed by atoms with Crippen LogP contribution in [0, 0.1) is 6.92 Å². The lowest BCUT2D eigenvalue weighted by Gasteiger charge is -2.35. The Balaban J connectivity index is 1.47. The minimum absolute atomic E-state index is 0.0485. The van der Waals surface area contributed by atoms with E-state index in [-0.39, 0.29) is 36.5 Å². The summed E-state index contributed by atoms with van der Waals surface area (Å²) in [5.41, 5.74) is 0.768. The van der Waals surface area contributed by atoms with E-state index in [4.69, 9.17) is 5.11 Å². The first-order valence-corrected chi connectivity index (χ1v) is 8.44. The van der Waals surface area contributed by atoms with Crippen molar-refractivity contribution in [1.29, 1.82) is 0 Å². The highest BCUT2D eigenvalue weighted by Crippen LogP contribution is 2.35. The van der Waals surface area contributed by atoms with Crippen LogP contribution in [0.2, 0.25) is 0 Å². The SMILES string of the molecule is Cc1cccc(=O)n1CCC(=O)NC1CC(c2nnc(CO)n2C)C1. The van der Waals surface area contributed by atoms with Crippen molar-refractivity contribution in [2.75, 3.05) is 0 Å². The molecule has 0 spiro atoms. The zero-order valence-electron chi connectivity index (χ0n) is 14.5. The minimum atomic E-state index is -0.130. The summed E-state index contributed by atoms with van der Waals surface area (Å²) in [4.78, 5) is 23.9. The molecule has 0 radical (unpaired) electrons. The molecule has 2 aromatic heterocycles. The van der Waals surface area contributed by atoms with Gasteiger partial charge in [-0.2, -0.15) is 0 Å². The van der Waals surface area contributed by atoms with E-state index in [1.165, 1.54) is 6.07 Å². The molecule has 1 fully saturated rings. The van der Waals surface area contributed by atoms with Crippen LogP contribution >= 0.6 is 0 Å². The molecule has 8 heteroatoms. The van der Waals surface area contributed by atoms with Gasteiger partial charge in [-0.15, -0.1) is 10.2 Å². The Hall–Kier alpha value is -2.48. The third-order valence-corrected chi connectivity index (χ3v) is 4.84. The number of pyridine rings is 1. The van der Waals surface area contributed by atoms with Gasteiger partial charge in [-0.1, -0.05) is 6.07 Å². The predicted octanol–water partition coefficient (Wildman–Crippen LogP) is 0.230. The quantitative estimate of drug-likeness (QED) is 0.780. The van der Waals surface area contributed by atoms with Gasteiger partial charge in [0.05, 0.1) is 0 Å². The van der Waals surface area contributed by atoms with Gasteiger partial charge in [0.1, 0.15) is 12.4 Å². The molecule has 0 atom stereocenters. The van der Waals surface area contributed by atoms with Gasteiger partial charge in [-0.05, 0) is 25.8 Å². The van der Waals surface area contributed by atoms with Gasteiger partial charge >= 0.3 is 0 Å². The summed E-state index contributed by atoms with van der Waals surface area (Å²) in [5.74, 6) is 1.60. The van der Waals surface area contributed by atoms with E-state index in [9.17, 15) is 9.59 Å². The largest absolute Gasteiger partial charge is 0.388 e. The molecule has 1 amide bonds. The molecule has 0 aromatic carbocycles. The van der Waals surface area contributed by atoms with Crippen molar-refractivity contribution in [3.63, 3.8) is 0 Å². The highest BCUT2D eigenvalue weighted by atomic mass is 16.3. The second-order valence-corrected chi connectivity index (χ2v) is 6.53. The number of aromatic nitrogens is 4. The smallest absolute Gasteiger partial charge is 0.250 e. The number of aryl methyl sites for hydroxylation is 1. The summed E-state index contributed by atoms with van der Waals surface area (Å²) in [5, 5.41) is 20.2. The van der Waals surface area contributed by atoms with E-state index in [0.717, 1.165) is 24.4 Å². The van der Waals surface area contributed by atoms with E-state index < -0.39 is 0 Å². The van der Waals surface area contributed by atoms with Gasteiger partial charge in [0, 0.05) is 43.7 Å². The van der Waals surface area contributed by atoms with Crippen LogP contribution in [0.4, 0.5) is 0 Å². The van der Waals surface area contributed by atoms with Gasteiger partial charge in [0.2, 0.25) is 5.91 Å². The molecule has 25 heavy (non-hydrogen) atoms. The number of amides is 1. The number of carbonyl (C=O) groups is 1. The maximum absolute atomic E-state index is 12.1. The summed E-state index contributed by atoms with van der Waals surface area (Å²) < 4.78 is 3.42. The molecule has 0 aliphatic heterocycles. The zero-order valence-corrected chi connectivity index (χ0v) is 14.5. The third-order valence-electron chi connectivity index (χ3n) is 4.84. The molecule has 8 nitrogen and oxygen atoms in total. The second-order valence-electron chi connectivity index (χ2n) is 6.53. The van der Waals surface area contributed by atoms with Crippen molar-refractivity contribution in [2.45, 2.75) is 51.3 Å². The fraction of sp³-hybridized carbons (Fsp3) is 0.529. The Kier molecular flexibility index (Phi) is 4.98. The Morgan fingerprint density at radius 2 is 2.12 bits per heavy atom. The normalized spacial score (nSPS) is 19.5. The monoisotopic (exact) mass is 345 g/mol. The van der Waals surface area contributed by atoms with Crippen LogP contribution in [0.3, 0.4) is 0 Å². The second kappa shape index (κ2) is 7.18. The average Bonchev–Trinajstić information content (AvgIpc) is 2.90. The lowest BCUT2D eigenvalue weighted by Crippen LogP contribution is -2.44. The van der Waals surface area contributed by atoms with Gasteiger partial charge in [-0.25, -0.2) is 0 Å². The minimum Gasteiger partial charge on any atom is -0.388 e. The number of aliphatic hydroxyl groups is 1. The molecule has 3 rings (SSSR count). The molecule has 2 heterocycles. The lowest BCUT2D eigenvalue weighted by atomic mass is 9.79. The molecule has 0 saturated heterocycles. The van der Waals surface area contributed by atoms with Crippen molar-refractivity contribution < 1.29 is 9.90 Å². The van der Waals surface area contributed by atoms with Crippen LogP contribution in [-0.4, -0.2) is 36.4 Å². The van der Waals surface area contributed by atoms with Crippen LogP contribution in [0.15, 0.2) is 23.0 Å². The third kappa shape index (κ3) is 3.63. The number of rotatable bonds is 6. The van der Waals surface area contributed by atoms with Gasteiger partial charge in [0.25, 0.3) is 5.56 Å². The van der Waals surface area contributed by atoms with Crippen LogP contribution in [-0.2, 0) is 25.0 Å². The standard InChI is InChI=1S/C17H23N5O3/c1-11-4-3-5-16(25)22(11)7-6-15(24)18-13-8-12(9-13)17-20-19-14(10-23)21(17)2/h3-5,12-13,23H,6-10H2,1-2H3,(H,18,24). The van der Waals surface area contributed by atoms with Crippen molar-refractivity contribution in [1.82, 2.24) is 24.6 Å². The molecular weight excluding hydrogens is 322 g/mol. The van der Waals surface area contributed by atoms with Gasteiger partial charge < -0.3 is 19.6 Å². The summed E-state index contributed by atoms with van der Waals surface area (Å²) in [6.07, 6.45) is 1.91.